The molecule has 2 N–H and O–H groups in total. The number of fused-ring (bicyclic) bond motifs is 5. The Morgan fingerprint density at radius 3 is 2.66 bits per heavy atom. The summed E-state index contributed by atoms with van der Waals surface area (Å²) in [5.74, 6) is 4.61. The van der Waals surface area contributed by atoms with Gasteiger partial charge in [-0.05, 0) is 112 Å². The molecule has 4 fully saturated rings. The Kier molecular flexibility index (Phi) is 5.30. The number of nitriles is 1. The highest BCUT2D eigenvalue weighted by Crippen LogP contribution is 2.67. The molecule has 4 aliphatic rings. The van der Waals surface area contributed by atoms with E-state index in [4.69, 9.17) is 5.26 Å². The van der Waals surface area contributed by atoms with Crippen LogP contribution in [-0.2, 0) is 6.54 Å². The molecular formula is C27H41N3O2. The predicted molar refractivity (Wildman–Crippen MR) is 123 cm³/mol. The van der Waals surface area contributed by atoms with E-state index in [1.807, 2.05) is 13.8 Å². The molecule has 4 saturated carbocycles. The number of aromatic nitrogens is 2. The molecule has 10 atom stereocenters. The van der Waals surface area contributed by atoms with Crippen LogP contribution in [-0.4, -0.2) is 31.2 Å². The molecule has 176 valence electrons. The molecule has 4 aliphatic carbocycles. The van der Waals surface area contributed by atoms with Crippen LogP contribution in [0.5, 0.6) is 0 Å². The maximum atomic E-state index is 11.7. The molecule has 0 saturated heterocycles. The third-order valence-corrected chi connectivity index (χ3v) is 10.5. The number of rotatable bonds is 3. The van der Waals surface area contributed by atoms with Gasteiger partial charge in [-0.3, -0.25) is 4.68 Å². The molecule has 5 nitrogen and oxygen atoms in total. The maximum Gasteiger partial charge on any atom is 0.102 e. The lowest BCUT2D eigenvalue weighted by Gasteiger charge is -2.58. The largest absolute Gasteiger partial charge is 0.390 e. The second kappa shape index (κ2) is 7.57. The van der Waals surface area contributed by atoms with E-state index >= 15 is 0 Å². The van der Waals surface area contributed by atoms with Crippen molar-refractivity contribution in [3.05, 3.63) is 18.0 Å². The lowest BCUT2D eigenvalue weighted by molar-refractivity contribution is -0.129. The van der Waals surface area contributed by atoms with Gasteiger partial charge in [-0.15, -0.1) is 0 Å². The van der Waals surface area contributed by atoms with E-state index in [0.29, 0.717) is 29.9 Å². The van der Waals surface area contributed by atoms with Gasteiger partial charge in [0, 0.05) is 6.20 Å². The zero-order valence-electron chi connectivity index (χ0n) is 20.3. The Morgan fingerprint density at radius 2 is 1.94 bits per heavy atom. The molecular weight excluding hydrogens is 398 g/mol. The van der Waals surface area contributed by atoms with Gasteiger partial charge in [0.2, 0.25) is 0 Å². The van der Waals surface area contributed by atoms with Crippen molar-refractivity contribution in [3.8, 4) is 6.07 Å². The monoisotopic (exact) mass is 439 g/mol. The van der Waals surface area contributed by atoms with Crippen LogP contribution in [0, 0.1) is 58.2 Å². The first-order chi connectivity index (χ1) is 15.0. The third-order valence-electron chi connectivity index (χ3n) is 10.5. The van der Waals surface area contributed by atoms with Crippen molar-refractivity contribution in [2.75, 3.05) is 0 Å². The highest BCUT2D eigenvalue weighted by molar-refractivity contribution is 5.22. The molecule has 32 heavy (non-hydrogen) atoms. The minimum absolute atomic E-state index is 0.155. The van der Waals surface area contributed by atoms with Gasteiger partial charge in [0.25, 0.3) is 0 Å². The van der Waals surface area contributed by atoms with E-state index in [2.05, 4.69) is 25.0 Å². The van der Waals surface area contributed by atoms with Gasteiger partial charge >= 0.3 is 0 Å². The van der Waals surface area contributed by atoms with Crippen LogP contribution in [0.3, 0.4) is 0 Å². The van der Waals surface area contributed by atoms with Crippen molar-refractivity contribution in [1.82, 2.24) is 9.78 Å². The van der Waals surface area contributed by atoms with Crippen LogP contribution >= 0.6 is 0 Å². The van der Waals surface area contributed by atoms with Gasteiger partial charge in [0.15, 0.2) is 0 Å². The van der Waals surface area contributed by atoms with E-state index in [-0.39, 0.29) is 11.3 Å². The molecule has 0 amide bonds. The van der Waals surface area contributed by atoms with Crippen molar-refractivity contribution in [2.24, 2.45) is 46.8 Å². The average molecular weight is 440 g/mol. The Bertz CT molecular complexity index is 899. The van der Waals surface area contributed by atoms with Crippen LogP contribution < -0.4 is 0 Å². The third kappa shape index (κ3) is 3.53. The second-order valence-corrected chi connectivity index (χ2v) is 12.8. The molecule has 0 radical (unpaired) electrons. The zero-order valence-corrected chi connectivity index (χ0v) is 20.3. The molecule has 0 spiro atoms. The Labute approximate surface area is 193 Å². The van der Waals surface area contributed by atoms with E-state index in [0.717, 1.165) is 37.0 Å². The molecule has 5 heteroatoms. The number of nitrogens with zero attached hydrogens (tertiary/aromatic N) is 3. The number of hydrogen-bond donors (Lipinski definition) is 2. The SMILES string of the molecule is C[C@@H]1C[C@H]([C@](C)(O)Cn2cc(C#N)cn2)[C@@]2(C)CC[C@H]3[C@@H](CC[C@@H]4C[C@](C)(O)CC[C@@H]43)[C@H]12. The second-order valence-electron chi connectivity index (χ2n) is 12.8. The summed E-state index contributed by atoms with van der Waals surface area (Å²) in [7, 11) is 0. The van der Waals surface area contributed by atoms with E-state index in [1.54, 1.807) is 17.1 Å². The van der Waals surface area contributed by atoms with Crippen molar-refractivity contribution in [2.45, 2.75) is 96.8 Å². The van der Waals surface area contributed by atoms with Gasteiger partial charge < -0.3 is 10.2 Å². The van der Waals surface area contributed by atoms with E-state index < -0.39 is 11.2 Å². The fourth-order valence-corrected chi connectivity index (χ4v) is 9.53. The molecule has 1 aromatic heterocycles. The van der Waals surface area contributed by atoms with E-state index in [1.165, 1.54) is 32.1 Å². The molecule has 0 aromatic carbocycles. The molecule has 5 rings (SSSR count). The summed E-state index contributed by atoms with van der Waals surface area (Å²) in [5, 5.41) is 35.9. The minimum Gasteiger partial charge on any atom is -0.390 e. The Morgan fingerprint density at radius 1 is 1.19 bits per heavy atom. The Balaban J connectivity index is 1.37. The quantitative estimate of drug-likeness (QED) is 0.711. The smallest absolute Gasteiger partial charge is 0.102 e. The van der Waals surface area contributed by atoms with Gasteiger partial charge in [-0.2, -0.15) is 10.4 Å². The van der Waals surface area contributed by atoms with Crippen LogP contribution in [0.25, 0.3) is 0 Å². The molecule has 0 bridgehead atoms. The van der Waals surface area contributed by atoms with Crippen molar-refractivity contribution >= 4 is 0 Å². The minimum atomic E-state index is -0.843. The van der Waals surface area contributed by atoms with Crippen LogP contribution in [0.1, 0.15) is 84.6 Å². The van der Waals surface area contributed by atoms with Crippen LogP contribution in [0.15, 0.2) is 12.4 Å². The average Bonchev–Trinajstić information content (AvgIpc) is 3.28. The lowest BCUT2D eigenvalue weighted by atomic mass is 9.47. The van der Waals surface area contributed by atoms with Crippen molar-refractivity contribution in [1.29, 1.82) is 5.26 Å². The maximum absolute atomic E-state index is 11.7. The Hall–Kier alpha value is -1.38. The number of aliphatic hydroxyl groups is 2. The summed E-state index contributed by atoms with van der Waals surface area (Å²) in [6, 6.07) is 2.14. The highest BCUT2D eigenvalue weighted by atomic mass is 16.3. The lowest BCUT2D eigenvalue weighted by Crippen LogP contribution is -2.54. The van der Waals surface area contributed by atoms with Gasteiger partial charge in [-0.1, -0.05) is 13.8 Å². The zero-order chi connectivity index (χ0) is 22.9. The summed E-state index contributed by atoms with van der Waals surface area (Å²) < 4.78 is 1.75. The summed E-state index contributed by atoms with van der Waals surface area (Å²) in [5.41, 5.74) is -0.597. The van der Waals surface area contributed by atoms with Crippen molar-refractivity contribution < 1.29 is 10.2 Å². The molecule has 1 aromatic rings. The topological polar surface area (TPSA) is 82.1 Å². The summed E-state index contributed by atoms with van der Waals surface area (Å²) in [6.07, 6.45) is 12.6. The van der Waals surface area contributed by atoms with Crippen molar-refractivity contribution in [3.63, 3.8) is 0 Å². The van der Waals surface area contributed by atoms with Gasteiger partial charge in [0.1, 0.15) is 6.07 Å². The summed E-state index contributed by atoms with van der Waals surface area (Å²) in [4.78, 5) is 0. The molecule has 0 aliphatic heterocycles. The van der Waals surface area contributed by atoms with E-state index in [9.17, 15) is 10.2 Å². The standard InChI is InChI=1S/C27H41N3O2/c1-17-11-23(27(4,32)16-30-15-18(13-28)14-29-30)26(3)10-8-21-20-7-9-25(2,31)12-19(20)5-6-22(21)24(17)26/h14-15,17,19-24,31-32H,5-12,16H2,1-4H3/t17-,19-,20+,21-,22-,23+,24+,25-,26-,27-/m1/s1. The highest BCUT2D eigenvalue weighted by Gasteiger charge is 2.62. The predicted octanol–water partition coefficient (Wildman–Crippen LogP) is 4.77. The summed E-state index contributed by atoms with van der Waals surface area (Å²) >= 11 is 0. The molecule has 0 unspecified atom stereocenters. The van der Waals surface area contributed by atoms with Gasteiger partial charge in [-0.25, -0.2) is 0 Å². The first-order valence-corrected chi connectivity index (χ1v) is 12.9. The van der Waals surface area contributed by atoms with Crippen LogP contribution in [0.2, 0.25) is 0 Å². The number of hydrogen-bond acceptors (Lipinski definition) is 4. The normalized spacial score (nSPS) is 47.6. The van der Waals surface area contributed by atoms with Crippen LogP contribution in [0.4, 0.5) is 0 Å². The fourth-order valence-electron chi connectivity index (χ4n) is 9.53. The molecule has 1 heterocycles. The summed E-state index contributed by atoms with van der Waals surface area (Å²) in [6.45, 7) is 9.39. The fraction of sp³-hybridized carbons (Fsp3) is 0.852. The van der Waals surface area contributed by atoms with Gasteiger partial charge in [0.05, 0.1) is 29.5 Å². The first-order valence-electron chi connectivity index (χ1n) is 12.9. The first kappa shape index (κ1) is 22.4.